The predicted molar refractivity (Wildman–Crippen MR) is 102 cm³/mol. The molecule has 2 rings (SSSR count). The lowest BCUT2D eigenvalue weighted by Crippen LogP contribution is -2.32. The summed E-state index contributed by atoms with van der Waals surface area (Å²) in [6, 6.07) is 15.2. The minimum absolute atomic E-state index is 0. The van der Waals surface area contributed by atoms with Crippen molar-refractivity contribution in [3.05, 3.63) is 59.7 Å². The maximum Gasteiger partial charge on any atom is 0.258 e. The Balaban J connectivity index is 0.00000312. The number of halogens is 1. The topological polar surface area (TPSA) is 64.8 Å². The van der Waals surface area contributed by atoms with E-state index in [1.54, 1.807) is 30.2 Å². The smallest absolute Gasteiger partial charge is 0.258 e. The zero-order valence-corrected chi connectivity index (χ0v) is 15.4. The Morgan fingerprint density at radius 3 is 2.36 bits per heavy atom. The first-order valence-corrected chi connectivity index (χ1v) is 7.95. The molecule has 0 fully saturated rings. The van der Waals surface area contributed by atoms with Gasteiger partial charge in [0.05, 0.1) is 19.8 Å². The van der Waals surface area contributed by atoms with Crippen molar-refractivity contribution in [2.75, 3.05) is 27.3 Å². The van der Waals surface area contributed by atoms with E-state index in [9.17, 15) is 4.79 Å². The molecule has 136 valence electrons. The number of nitrogens with two attached hydrogens (primary N) is 1. The number of carbonyl (C=O) groups is 1. The van der Waals surface area contributed by atoms with Crippen LogP contribution in [0.3, 0.4) is 0 Å². The third-order valence-electron chi connectivity index (χ3n) is 3.77. The van der Waals surface area contributed by atoms with Gasteiger partial charge in [-0.1, -0.05) is 36.4 Å². The van der Waals surface area contributed by atoms with Gasteiger partial charge in [-0.3, -0.25) is 4.79 Å². The summed E-state index contributed by atoms with van der Waals surface area (Å²) >= 11 is 0. The molecule has 25 heavy (non-hydrogen) atoms. The van der Waals surface area contributed by atoms with E-state index in [1.807, 2.05) is 30.3 Å². The van der Waals surface area contributed by atoms with E-state index in [0.717, 1.165) is 12.0 Å². The van der Waals surface area contributed by atoms with Gasteiger partial charge in [-0.25, -0.2) is 0 Å². The van der Waals surface area contributed by atoms with Crippen molar-refractivity contribution in [3.8, 4) is 11.5 Å². The Hall–Kier alpha value is -2.24. The number of amides is 1. The molecule has 1 amide bonds. The average molecular weight is 365 g/mol. The maximum atomic E-state index is 13.1. The second kappa shape index (κ2) is 10.6. The van der Waals surface area contributed by atoms with E-state index in [0.29, 0.717) is 36.7 Å². The van der Waals surface area contributed by atoms with Gasteiger partial charge in [0.25, 0.3) is 5.91 Å². The summed E-state index contributed by atoms with van der Waals surface area (Å²) in [4.78, 5) is 14.8. The van der Waals surface area contributed by atoms with Crippen molar-refractivity contribution in [2.24, 2.45) is 5.73 Å². The van der Waals surface area contributed by atoms with E-state index in [2.05, 4.69) is 0 Å². The molecule has 0 unspecified atom stereocenters. The number of para-hydroxylation sites is 1. The lowest BCUT2D eigenvalue weighted by atomic mass is 10.1. The highest BCUT2D eigenvalue weighted by atomic mass is 35.5. The van der Waals surface area contributed by atoms with Crippen LogP contribution in [0.5, 0.6) is 11.5 Å². The van der Waals surface area contributed by atoms with Gasteiger partial charge in [0.1, 0.15) is 0 Å². The Kier molecular flexibility index (Phi) is 8.81. The third-order valence-corrected chi connectivity index (χ3v) is 3.77. The summed E-state index contributed by atoms with van der Waals surface area (Å²) in [5, 5.41) is 0. The molecule has 2 aromatic rings. The van der Waals surface area contributed by atoms with Crippen molar-refractivity contribution < 1.29 is 14.3 Å². The third kappa shape index (κ3) is 5.37. The van der Waals surface area contributed by atoms with Crippen LogP contribution in [-0.4, -0.2) is 38.1 Å². The summed E-state index contributed by atoms with van der Waals surface area (Å²) in [5.74, 6) is 0.903. The highest BCUT2D eigenvalue weighted by molar-refractivity contribution is 5.97. The number of ether oxygens (including phenoxy) is 2. The average Bonchev–Trinajstić information content (AvgIpc) is 2.64. The molecule has 0 aliphatic carbocycles. The van der Waals surface area contributed by atoms with E-state index in [-0.39, 0.29) is 18.3 Å². The van der Waals surface area contributed by atoms with Gasteiger partial charge >= 0.3 is 0 Å². The van der Waals surface area contributed by atoms with Crippen LogP contribution in [-0.2, 0) is 6.54 Å². The minimum atomic E-state index is -0.0944. The van der Waals surface area contributed by atoms with Crippen molar-refractivity contribution in [2.45, 2.75) is 13.0 Å². The molecule has 0 heterocycles. The summed E-state index contributed by atoms with van der Waals surface area (Å²) in [6.07, 6.45) is 0.741. The monoisotopic (exact) mass is 364 g/mol. The molecular formula is C19H25ClN2O3. The zero-order chi connectivity index (χ0) is 17.4. The number of nitrogens with zero attached hydrogens (tertiary/aromatic N) is 1. The van der Waals surface area contributed by atoms with Crippen LogP contribution in [0.2, 0.25) is 0 Å². The molecule has 0 aliphatic rings. The summed E-state index contributed by atoms with van der Waals surface area (Å²) < 4.78 is 10.7. The van der Waals surface area contributed by atoms with E-state index >= 15 is 0 Å². The van der Waals surface area contributed by atoms with Crippen molar-refractivity contribution in [3.63, 3.8) is 0 Å². The van der Waals surface area contributed by atoms with E-state index in [4.69, 9.17) is 15.2 Å². The standard InChI is InChI=1S/C19H24N2O3.ClH/c1-23-17-11-6-10-16(18(17)24-2)19(22)21(13-7-12-20)14-15-8-4-3-5-9-15;/h3-6,8-11H,7,12-14,20H2,1-2H3;1H. The number of rotatable bonds is 8. The summed E-state index contributed by atoms with van der Waals surface area (Å²) in [7, 11) is 3.10. The highest BCUT2D eigenvalue weighted by Gasteiger charge is 2.22. The van der Waals surface area contributed by atoms with Crippen LogP contribution in [0.4, 0.5) is 0 Å². The van der Waals surface area contributed by atoms with E-state index < -0.39 is 0 Å². The van der Waals surface area contributed by atoms with Crippen molar-refractivity contribution in [1.82, 2.24) is 4.90 Å². The van der Waals surface area contributed by atoms with Gasteiger partial charge in [-0.2, -0.15) is 0 Å². The number of benzene rings is 2. The Labute approximate surface area is 155 Å². The molecule has 0 saturated heterocycles. The van der Waals surface area contributed by atoms with Gasteiger partial charge in [-0.05, 0) is 30.7 Å². The number of carbonyl (C=O) groups excluding carboxylic acids is 1. The molecule has 0 saturated carbocycles. The number of hydrogen-bond acceptors (Lipinski definition) is 4. The van der Waals surface area contributed by atoms with Gasteiger partial charge in [-0.15, -0.1) is 12.4 Å². The second-order valence-electron chi connectivity index (χ2n) is 5.40. The molecule has 2 N–H and O–H groups in total. The molecule has 0 radical (unpaired) electrons. The van der Waals surface area contributed by atoms with Crippen LogP contribution in [0.15, 0.2) is 48.5 Å². The van der Waals surface area contributed by atoms with Crippen molar-refractivity contribution >= 4 is 18.3 Å². The van der Waals surface area contributed by atoms with Crippen LogP contribution >= 0.6 is 12.4 Å². The van der Waals surface area contributed by atoms with Gasteiger partial charge in [0.15, 0.2) is 11.5 Å². The Morgan fingerprint density at radius 1 is 1.04 bits per heavy atom. The summed E-state index contributed by atoms with van der Waals surface area (Å²) in [6.45, 7) is 1.65. The molecule has 0 atom stereocenters. The number of hydrogen-bond donors (Lipinski definition) is 1. The minimum Gasteiger partial charge on any atom is -0.493 e. The fourth-order valence-corrected chi connectivity index (χ4v) is 2.56. The zero-order valence-electron chi connectivity index (χ0n) is 14.6. The molecule has 5 nitrogen and oxygen atoms in total. The quantitative estimate of drug-likeness (QED) is 0.781. The molecule has 0 aromatic heterocycles. The first kappa shape index (κ1) is 20.8. The Morgan fingerprint density at radius 2 is 1.76 bits per heavy atom. The van der Waals surface area contributed by atoms with Gasteiger partial charge in [0.2, 0.25) is 0 Å². The molecule has 2 aromatic carbocycles. The van der Waals surface area contributed by atoms with Gasteiger partial charge < -0.3 is 20.1 Å². The second-order valence-corrected chi connectivity index (χ2v) is 5.40. The fraction of sp³-hybridized carbons (Fsp3) is 0.316. The normalized spacial score (nSPS) is 9.88. The number of methoxy groups -OCH3 is 2. The highest BCUT2D eigenvalue weighted by Crippen LogP contribution is 2.31. The van der Waals surface area contributed by atoms with Crippen molar-refractivity contribution in [1.29, 1.82) is 0 Å². The fourth-order valence-electron chi connectivity index (χ4n) is 2.56. The predicted octanol–water partition coefficient (Wildman–Crippen LogP) is 3.12. The van der Waals surface area contributed by atoms with E-state index in [1.165, 1.54) is 7.11 Å². The van der Waals surface area contributed by atoms with Gasteiger partial charge in [0, 0.05) is 13.1 Å². The maximum absolute atomic E-state index is 13.1. The molecule has 0 spiro atoms. The van der Waals surface area contributed by atoms with Crippen LogP contribution in [0, 0.1) is 0 Å². The molecular weight excluding hydrogens is 340 g/mol. The van der Waals surface area contributed by atoms with Crippen LogP contribution < -0.4 is 15.2 Å². The molecule has 6 heteroatoms. The lowest BCUT2D eigenvalue weighted by molar-refractivity contribution is 0.0738. The SMILES string of the molecule is COc1cccc(C(=O)N(CCCN)Cc2ccccc2)c1OC.Cl. The lowest BCUT2D eigenvalue weighted by Gasteiger charge is -2.24. The van der Waals surface area contributed by atoms with Crippen LogP contribution in [0.25, 0.3) is 0 Å². The van der Waals surface area contributed by atoms with Crippen LogP contribution in [0.1, 0.15) is 22.3 Å². The first-order chi connectivity index (χ1) is 11.7. The first-order valence-electron chi connectivity index (χ1n) is 7.95. The molecule has 0 bridgehead atoms. The molecule has 0 aliphatic heterocycles. The summed E-state index contributed by atoms with van der Waals surface area (Å²) in [5.41, 5.74) is 7.19. The largest absolute Gasteiger partial charge is 0.493 e. The Bertz CT molecular complexity index is 665.